The van der Waals surface area contributed by atoms with Gasteiger partial charge >= 0.3 is 0 Å². The Morgan fingerprint density at radius 2 is 1.43 bits per heavy atom. The molecule has 0 aliphatic carbocycles. The van der Waals surface area contributed by atoms with Crippen LogP contribution >= 0.6 is 0 Å². The topological polar surface area (TPSA) is 58.2 Å². The second kappa shape index (κ2) is 7.00. The molecule has 2 aromatic rings. The summed E-state index contributed by atoms with van der Waals surface area (Å²) in [5, 5.41) is 5.29. The average molecular weight is 318 g/mol. The highest BCUT2D eigenvalue weighted by molar-refractivity contribution is 6.04. The van der Waals surface area contributed by atoms with Gasteiger partial charge < -0.3 is 10.6 Å². The van der Waals surface area contributed by atoms with Crippen LogP contribution in [0.2, 0.25) is 0 Å². The maximum atomic E-state index is 13.1. The number of benzene rings is 2. The van der Waals surface area contributed by atoms with Gasteiger partial charge in [0.1, 0.15) is 0 Å². The van der Waals surface area contributed by atoms with Crippen molar-refractivity contribution in [2.75, 3.05) is 10.6 Å². The third-order valence-corrected chi connectivity index (χ3v) is 3.12. The van der Waals surface area contributed by atoms with E-state index < -0.39 is 17.5 Å². The summed E-state index contributed by atoms with van der Waals surface area (Å²) in [5.41, 5.74) is 1.10. The second-order valence-electron chi connectivity index (χ2n) is 5.30. The zero-order chi connectivity index (χ0) is 17.0. The molecule has 4 nitrogen and oxygen atoms in total. The van der Waals surface area contributed by atoms with Crippen molar-refractivity contribution >= 4 is 23.2 Å². The third kappa shape index (κ3) is 4.35. The normalized spacial score (nSPS) is 10.5. The molecule has 0 aliphatic rings. The van der Waals surface area contributed by atoms with E-state index in [4.69, 9.17) is 0 Å². The fourth-order valence-corrected chi connectivity index (χ4v) is 1.76. The lowest BCUT2D eigenvalue weighted by molar-refractivity contribution is -0.118. The minimum Gasteiger partial charge on any atom is -0.326 e. The van der Waals surface area contributed by atoms with Crippen LogP contribution in [-0.4, -0.2) is 11.8 Å². The van der Waals surface area contributed by atoms with Gasteiger partial charge in [-0.3, -0.25) is 9.59 Å². The van der Waals surface area contributed by atoms with Gasteiger partial charge in [0.25, 0.3) is 5.91 Å². The first-order chi connectivity index (χ1) is 10.9. The molecule has 2 aromatic carbocycles. The van der Waals surface area contributed by atoms with E-state index in [1.807, 2.05) is 0 Å². The summed E-state index contributed by atoms with van der Waals surface area (Å²) in [7, 11) is 0. The van der Waals surface area contributed by atoms with E-state index in [1.165, 1.54) is 6.07 Å². The van der Waals surface area contributed by atoms with Gasteiger partial charge in [0, 0.05) is 22.9 Å². The smallest absolute Gasteiger partial charge is 0.255 e. The predicted octanol–water partition coefficient (Wildman–Crippen LogP) is 3.81. The van der Waals surface area contributed by atoms with Crippen LogP contribution in [0.4, 0.5) is 20.2 Å². The van der Waals surface area contributed by atoms with Gasteiger partial charge in [-0.15, -0.1) is 0 Å². The summed E-state index contributed by atoms with van der Waals surface area (Å²) in [6.45, 7) is 3.57. The number of halogens is 2. The number of hydrogen-bond donors (Lipinski definition) is 2. The van der Waals surface area contributed by atoms with Gasteiger partial charge in [0.15, 0.2) is 11.6 Å². The van der Waals surface area contributed by atoms with Gasteiger partial charge in [-0.2, -0.15) is 0 Å². The zero-order valence-corrected chi connectivity index (χ0v) is 12.7. The molecule has 0 spiro atoms. The third-order valence-electron chi connectivity index (χ3n) is 3.12. The van der Waals surface area contributed by atoms with Crippen LogP contribution in [0.1, 0.15) is 24.2 Å². The van der Waals surface area contributed by atoms with Crippen molar-refractivity contribution < 1.29 is 18.4 Å². The minimum atomic E-state index is -1.08. The average Bonchev–Trinajstić information content (AvgIpc) is 2.51. The Labute approximate surface area is 132 Å². The van der Waals surface area contributed by atoms with E-state index >= 15 is 0 Å². The minimum absolute atomic E-state index is 0.0149. The monoisotopic (exact) mass is 318 g/mol. The van der Waals surface area contributed by atoms with Gasteiger partial charge in [0.2, 0.25) is 5.91 Å². The van der Waals surface area contributed by atoms with Gasteiger partial charge in [-0.25, -0.2) is 8.78 Å². The summed E-state index contributed by atoms with van der Waals surface area (Å²) in [6.07, 6.45) is 0. The number of nitrogens with one attached hydrogen (secondary N) is 2. The van der Waals surface area contributed by atoms with Gasteiger partial charge in [-0.1, -0.05) is 13.8 Å². The maximum absolute atomic E-state index is 13.1. The Morgan fingerprint density at radius 3 is 1.96 bits per heavy atom. The van der Waals surface area contributed by atoms with Gasteiger partial charge in [0.05, 0.1) is 0 Å². The number of hydrogen-bond acceptors (Lipinski definition) is 2. The lowest BCUT2D eigenvalue weighted by Crippen LogP contribution is -2.17. The molecule has 23 heavy (non-hydrogen) atoms. The highest BCUT2D eigenvalue weighted by Gasteiger charge is 2.10. The molecule has 0 saturated carbocycles. The summed E-state index contributed by atoms with van der Waals surface area (Å²) in [6, 6.07) is 9.42. The molecule has 0 saturated heterocycles. The number of rotatable bonds is 4. The van der Waals surface area contributed by atoms with E-state index in [-0.39, 0.29) is 17.4 Å². The van der Waals surface area contributed by atoms with Crippen LogP contribution < -0.4 is 10.6 Å². The second-order valence-corrected chi connectivity index (χ2v) is 5.30. The molecule has 6 heteroatoms. The molecule has 0 aromatic heterocycles. The summed E-state index contributed by atoms with van der Waals surface area (Å²) < 4.78 is 26.0. The maximum Gasteiger partial charge on any atom is 0.255 e. The quantitative estimate of drug-likeness (QED) is 0.900. The zero-order valence-electron chi connectivity index (χ0n) is 12.7. The molecular weight excluding hydrogens is 302 g/mol. The fourth-order valence-electron chi connectivity index (χ4n) is 1.76. The Bertz CT molecular complexity index is 728. The molecule has 0 heterocycles. The number of carbonyl (C=O) groups is 2. The molecule has 120 valence electrons. The lowest BCUT2D eigenvalue weighted by atomic mass is 10.2. The van der Waals surface area contributed by atoms with E-state index in [9.17, 15) is 18.4 Å². The summed E-state index contributed by atoms with van der Waals surface area (Å²) in [4.78, 5) is 23.5. The number of amides is 2. The molecule has 2 amide bonds. The van der Waals surface area contributed by atoms with Crippen LogP contribution in [0.5, 0.6) is 0 Å². The first kappa shape index (κ1) is 16.6. The summed E-state index contributed by atoms with van der Waals surface area (Å²) >= 11 is 0. The van der Waals surface area contributed by atoms with Crippen molar-refractivity contribution in [3.8, 4) is 0 Å². The van der Waals surface area contributed by atoms with Crippen LogP contribution in [0, 0.1) is 17.6 Å². The summed E-state index contributed by atoms with van der Waals surface area (Å²) in [5.74, 6) is -2.88. The van der Waals surface area contributed by atoms with E-state index in [0.717, 1.165) is 12.1 Å². The Kier molecular flexibility index (Phi) is 5.05. The predicted molar refractivity (Wildman–Crippen MR) is 84.2 cm³/mol. The molecule has 0 bridgehead atoms. The fraction of sp³-hybridized carbons (Fsp3) is 0.176. The molecule has 2 N–H and O–H groups in total. The van der Waals surface area contributed by atoms with Crippen molar-refractivity contribution in [1.29, 1.82) is 0 Å². The van der Waals surface area contributed by atoms with Crippen molar-refractivity contribution in [2.45, 2.75) is 13.8 Å². The lowest BCUT2D eigenvalue weighted by Gasteiger charge is -2.09. The number of anilines is 2. The van der Waals surface area contributed by atoms with Crippen molar-refractivity contribution in [3.05, 3.63) is 59.7 Å². The van der Waals surface area contributed by atoms with Crippen molar-refractivity contribution in [1.82, 2.24) is 0 Å². The first-order valence-corrected chi connectivity index (χ1v) is 7.04. The first-order valence-electron chi connectivity index (χ1n) is 7.04. The highest BCUT2D eigenvalue weighted by atomic mass is 19.2. The van der Waals surface area contributed by atoms with Gasteiger partial charge in [-0.05, 0) is 42.5 Å². The molecule has 0 radical (unpaired) electrons. The molecule has 2 rings (SSSR count). The number of carbonyl (C=O) groups excluding carboxylic acids is 2. The standard InChI is InChI=1S/C17H16F2N2O2/c1-10(2)16(22)20-12-4-6-13(7-5-12)21-17(23)11-3-8-14(18)15(19)9-11/h3-10H,1-2H3,(H,20,22)(H,21,23). The van der Waals surface area contributed by atoms with Crippen LogP contribution in [-0.2, 0) is 4.79 Å². The van der Waals surface area contributed by atoms with E-state index in [0.29, 0.717) is 11.4 Å². The van der Waals surface area contributed by atoms with Crippen molar-refractivity contribution in [2.24, 2.45) is 5.92 Å². The largest absolute Gasteiger partial charge is 0.326 e. The Balaban J connectivity index is 2.04. The van der Waals surface area contributed by atoms with Crippen molar-refractivity contribution in [3.63, 3.8) is 0 Å². The SMILES string of the molecule is CC(C)C(=O)Nc1ccc(NC(=O)c2ccc(F)c(F)c2)cc1. The van der Waals surface area contributed by atoms with E-state index in [1.54, 1.807) is 38.1 Å². The molecule has 0 unspecified atom stereocenters. The Morgan fingerprint density at radius 1 is 0.870 bits per heavy atom. The molecule has 0 atom stereocenters. The molecule has 0 fully saturated rings. The Hall–Kier alpha value is -2.76. The molecular formula is C17H16F2N2O2. The van der Waals surface area contributed by atoms with Crippen LogP contribution in [0.3, 0.4) is 0 Å². The highest BCUT2D eigenvalue weighted by Crippen LogP contribution is 2.16. The molecule has 0 aliphatic heterocycles. The van der Waals surface area contributed by atoms with Crippen LogP contribution in [0.25, 0.3) is 0 Å². The van der Waals surface area contributed by atoms with E-state index in [2.05, 4.69) is 10.6 Å². The van der Waals surface area contributed by atoms with Crippen LogP contribution in [0.15, 0.2) is 42.5 Å².